The molecular weight excluding hydrogens is 322 g/mol. The molecule has 1 amide bonds. The molecule has 7 heteroatoms. The Hall–Kier alpha value is -1.31. The summed E-state index contributed by atoms with van der Waals surface area (Å²) in [5.74, 6) is 0.375. The standard InChI is InChI=1S/C17H23NO5.Mg.2H/c1-21-15-7-5-14(6-8-15)11-23-17(9-3-2-4-10-17)16(20)22-13-18-12-19;;;/h5-8,12H,2-4,9-11,13H2,1H3,(H,18,19);;;/q;+2;2*-1. The fraction of sp³-hybridized carbons (Fsp3) is 0.529. The van der Waals surface area contributed by atoms with Gasteiger partial charge in [-0.2, -0.15) is 0 Å². The summed E-state index contributed by atoms with van der Waals surface area (Å²) in [7, 11) is 1.62. The average molecular weight is 348 g/mol. The van der Waals surface area contributed by atoms with Gasteiger partial charge in [0, 0.05) is 0 Å². The van der Waals surface area contributed by atoms with Crippen molar-refractivity contribution in [2.45, 2.75) is 44.3 Å². The van der Waals surface area contributed by atoms with Crippen molar-refractivity contribution in [2.75, 3.05) is 13.8 Å². The Labute approximate surface area is 161 Å². The van der Waals surface area contributed by atoms with Crippen LogP contribution >= 0.6 is 0 Å². The zero-order chi connectivity index (χ0) is 16.5. The zero-order valence-electron chi connectivity index (χ0n) is 16.1. The van der Waals surface area contributed by atoms with Gasteiger partial charge in [-0.05, 0) is 43.4 Å². The van der Waals surface area contributed by atoms with E-state index >= 15 is 0 Å². The van der Waals surface area contributed by atoms with Crippen molar-refractivity contribution in [3.8, 4) is 5.75 Å². The van der Waals surface area contributed by atoms with Crippen LogP contribution in [0.3, 0.4) is 0 Å². The maximum absolute atomic E-state index is 12.4. The third kappa shape index (κ3) is 5.64. The Morgan fingerprint density at radius 3 is 2.50 bits per heavy atom. The van der Waals surface area contributed by atoms with Crippen molar-refractivity contribution in [2.24, 2.45) is 0 Å². The molecule has 0 aromatic heterocycles. The predicted molar refractivity (Wildman–Crippen MR) is 91.7 cm³/mol. The third-order valence-corrected chi connectivity index (χ3v) is 4.08. The van der Waals surface area contributed by atoms with Crippen LogP contribution < -0.4 is 10.1 Å². The van der Waals surface area contributed by atoms with Gasteiger partial charge in [0.2, 0.25) is 6.41 Å². The fourth-order valence-electron chi connectivity index (χ4n) is 2.75. The van der Waals surface area contributed by atoms with E-state index in [9.17, 15) is 9.59 Å². The molecule has 1 saturated carbocycles. The van der Waals surface area contributed by atoms with Crippen LogP contribution in [0.25, 0.3) is 0 Å². The van der Waals surface area contributed by atoms with E-state index in [1.54, 1.807) is 7.11 Å². The molecule has 0 atom stereocenters. The van der Waals surface area contributed by atoms with Gasteiger partial charge in [-0.25, -0.2) is 4.79 Å². The monoisotopic (exact) mass is 347 g/mol. The molecule has 0 heterocycles. The first-order valence-corrected chi connectivity index (χ1v) is 7.81. The Morgan fingerprint density at radius 1 is 1.25 bits per heavy atom. The SMILES string of the molecule is COc1ccc(COC2(C(=O)OCNC=O)CCCCC2)cc1.[H-].[H-].[Mg+2]. The van der Waals surface area contributed by atoms with Crippen LogP contribution in [0.4, 0.5) is 0 Å². The number of hydrogen-bond donors (Lipinski definition) is 1. The number of amides is 1. The molecule has 1 aliphatic rings. The van der Waals surface area contributed by atoms with Gasteiger partial charge in [0.1, 0.15) is 5.75 Å². The number of rotatable bonds is 8. The summed E-state index contributed by atoms with van der Waals surface area (Å²) in [6, 6.07) is 7.54. The number of methoxy groups -OCH3 is 1. The molecule has 0 bridgehead atoms. The first-order valence-electron chi connectivity index (χ1n) is 7.81. The number of nitrogens with one attached hydrogen (secondary N) is 1. The zero-order valence-corrected chi connectivity index (χ0v) is 15.5. The first kappa shape index (κ1) is 20.7. The molecule has 6 nitrogen and oxygen atoms in total. The third-order valence-electron chi connectivity index (χ3n) is 4.08. The first-order chi connectivity index (χ1) is 11.2. The second kappa shape index (κ2) is 10.5. The maximum atomic E-state index is 12.4. The fourth-order valence-corrected chi connectivity index (χ4v) is 2.75. The van der Waals surface area contributed by atoms with Crippen LogP contribution in [0.1, 0.15) is 40.5 Å². The van der Waals surface area contributed by atoms with Crippen molar-refractivity contribution >= 4 is 35.4 Å². The van der Waals surface area contributed by atoms with Gasteiger partial charge in [-0.1, -0.05) is 18.6 Å². The molecule has 130 valence electrons. The van der Waals surface area contributed by atoms with Crippen LogP contribution in [0.2, 0.25) is 0 Å². The molecule has 24 heavy (non-hydrogen) atoms. The van der Waals surface area contributed by atoms with E-state index in [-0.39, 0.29) is 32.6 Å². The predicted octanol–water partition coefficient (Wildman–Crippen LogP) is 2.01. The van der Waals surface area contributed by atoms with Gasteiger partial charge in [-0.3, -0.25) is 4.79 Å². The van der Waals surface area contributed by atoms with E-state index in [1.807, 2.05) is 24.3 Å². The molecule has 2 rings (SSSR count). The van der Waals surface area contributed by atoms with Crippen molar-refractivity contribution in [3.63, 3.8) is 0 Å². The Balaban J connectivity index is 0. The average Bonchev–Trinajstić information content (AvgIpc) is 2.61. The molecule has 0 aliphatic heterocycles. The summed E-state index contributed by atoms with van der Waals surface area (Å²) < 4.78 is 16.2. The van der Waals surface area contributed by atoms with Crippen molar-refractivity contribution in [3.05, 3.63) is 29.8 Å². The van der Waals surface area contributed by atoms with Gasteiger partial charge < -0.3 is 22.4 Å². The minimum absolute atomic E-state index is 0. The van der Waals surface area contributed by atoms with Gasteiger partial charge >= 0.3 is 29.0 Å². The summed E-state index contributed by atoms with van der Waals surface area (Å²) in [5.41, 5.74) is 0.0532. The van der Waals surface area contributed by atoms with E-state index in [2.05, 4.69) is 5.32 Å². The normalized spacial score (nSPS) is 15.7. The minimum Gasteiger partial charge on any atom is -1.00 e. The second-order valence-corrected chi connectivity index (χ2v) is 5.59. The van der Waals surface area contributed by atoms with E-state index in [0.717, 1.165) is 30.6 Å². The van der Waals surface area contributed by atoms with E-state index in [0.29, 0.717) is 25.9 Å². The largest absolute Gasteiger partial charge is 2.00 e. The number of ether oxygens (including phenoxy) is 3. The van der Waals surface area contributed by atoms with Crippen molar-refractivity contribution < 1.29 is 26.7 Å². The molecule has 1 fully saturated rings. The van der Waals surface area contributed by atoms with E-state index in [1.165, 1.54) is 0 Å². The Kier molecular flexibility index (Phi) is 9.10. The van der Waals surface area contributed by atoms with E-state index < -0.39 is 11.6 Å². The summed E-state index contributed by atoms with van der Waals surface area (Å²) in [6.07, 6.45) is 4.73. The molecule has 0 saturated heterocycles. The molecule has 0 spiro atoms. The molecule has 0 radical (unpaired) electrons. The molecule has 0 unspecified atom stereocenters. The number of carbonyl (C=O) groups excluding carboxylic acids is 2. The van der Waals surface area contributed by atoms with Crippen LogP contribution in [0.5, 0.6) is 5.75 Å². The number of carbonyl (C=O) groups is 2. The van der Waals surface area contributed by atoms with Crippen LogP contribution in [0.15, 0.2) is 24.3 Å². The summed E-state index contributed by atoms with van der Waals surface area (Å²) in [5, 5.41) is 2.33. The molecule has 1 aliphatic carbocycles. The Bertz CT molecular complexity index is 524. The van der Waals surface area contributed by atoms with Gasteiger partial charge in [0.25, 0.3) is 0 Å². The minimum atomic E-state index is -0.914. The quantitative estimate of drug-likeness (QED) is 0.256. The maximum Gasteiger partial charge on any atom is 2.00 e. The molecule has 1 N–H and O–H groups in total. The van der Waals surface area contributed by atoms with Crippen molar-refractivity contribution in [1.29, 1.82) is 0 Å². The van der Waals surface area contributed by atoms with Crippen LogP contribution in [-0.4, -0.2) is 54.9 Å². The summed E-state index contributed by atoms with van der Waals surface area (Å²) in [6.45, 7) is 0.205. The molecule has 1 aromatic rings. The molecule has 1 aromatic carbocycles. The number of esters is 1. The van der Waals surface area contributed by atoms with Gasteiger partial charge in [0.15, 0.2) is 12.3 Å². The van der Waals surface area contributed by atoms with Crippen LogP contribution in [0, 0.1) is 0 Å². The molecular formula is C17H25MgNO5. The summed E-state index contributed by atoms with van der Waals surface area (Å²) in [4.78, 5) is 22.7. The summed E-state index contributed by atoms with van der Waals surface area (Å²) >= 11 is 0. The second-order valence-electron chi connectivity index (χ2n) is 5.59. The topological polar surface area (TPSA) is 73.9 Å². The van der Waals surface area contributed by atoms with E-state index in [4.69, 9.17) is 14.2 Å². The Morgan fingerprint density at radius 2 is 1.92 bits per heavy atom. The van der Waals surface area contributed by atoms with Gasteiger partial charge in [0.05, 0.1) is 13.7 Å². The van der Waals surface area contributed by atoms with Crippen molar-refractivity contribution in [1.82, 2.24) is 5.32 Å². The number of benzene rings is 1. The number of hydrogen-bond acceptors (Lipinski definition) is 5. The van der Waals surface area contributed by atoms with Gasteiger partial charge in [-0.15, -0.1) is 0 Å². The van der Waals surface area contributed by atoms with Crippen LogP contribution in [-0.2, 0) is 25.7 Å². The smallest absolute Gasteiger partial charge is 1.00 e.